The van der Waals surface area contributed by atoms with Crippen molar-refractivity contribution in [3.63, 3.8) is 0 Å². The number of halogens is 3. The quantitative estimate of drug-likeness (QED) is 0.584. The summed E-state index contributed by atoms with van der Waals surface area (Å²) in [7, 11) is 0. The second-order valence-electron chi connectivity index (χ2n) is 3.01. The molecule has 0 aromatic carbocycles. The molecule has 0 aliphatic heterocycles. The summed E-state index contributed by atoms with van der Waals surface area (Å²) in [5.41, 5.74) is -1.10. The van der Waals surface area contributed by atoms with Crippen LogP contribution in [0.4, 0.5) is 13.2 Å². The van der Waals surface area contributed by atoms with E-state index in [1.807, 2.05) is 0 Å². The van der Waals surface area contributed by atoms with Crippen LogP contribution in [0, 0.1) is 5.21 Å². The maximum atomic E-state index is 12.6. The van der Waals surface area contributed by atoms with Gasteiger partial charge in [0.1, 0.15) is 0 Å². The van der Waals surface area contributed by atoms with Crippen molar-refractivity contribution in [3.8, 4) is 0 Å². The number of hydrogen-bond donors (Lipinski definition) is 0. The van der Waals surface area contributed by atoms with Crippen LogP contribution in [0.15, 0.2) is 18.3 Å². The van der Waals surface area contributed by atoms with E-state index in [9.17, 15) is 18.4 Å². The summed E-state index contributed by atoms with van der Waals surface area (Å²) in [4.78, 5) is 0. The Balaban J connectivity index is 3.33. The van der Waals surface area contributed by atoms with Crippen LogP contribution in [0.5, 0.6) is 0 Å². The number of hydrogen-bond acceptors (Lipinski definition) is 2. The highest BCUT2D eigenvalue weighted by molar-refractivity contribution is 7.98. The molecule has 0 aliphatic carbocycles. The van der Waals surface area contributed by atoms with Gasteiger partial charge in [-0.2, -0.15) is 29.7 Å². The molecule has 1 heterocycles. The molecule has 0 radical (unpaired) electrons. The molecule has 0 N–H and O–H groups in total. The van der Waals surface area contributed by atoms with E-state index in [0.717, 1.165) is 6.20 Å². The van der Waals surface area contributed by atoms with Crippen LogP contribution in [0.2, 0.25) is 0 Å². The molecule has 15 heavy (non-hydrogen) atoms. The first-order valence-electron chi connectivity index (χ1n) is 4.20. The minimum absolute atomic E-state index is 0.0208. The van der Waals surface area contributed by atoms with Crippen LogP contribution in [0.3, 0.4) is 0 Å². The number of thioether (sulfide) groups is 1. The molecule has 1 unspecified atom stereocenters. The summed E-state index contributed by atoms with van der Waals surface area (Å²) in [6.45, 7) is 1.63. The van der Waals surface area contributed by atoms with Crippen LogP contribution in [0.1, 0.15) is 23.4 Å². The average Bonchev–Trinajstić information content (AvgIpc) is 2.14. The van der Waals surface area contributed by atoms with Gasteiger partial charge in [0.25, 0.3) is 0 Å². The predicted octanol–water partition coefficient (Wildman–Crippen LogP) is 2.76. The van der Waals surface area contributed by atoms with Crippen molar-refractivity contribution in [2.24, 2.45) is 0 Å². The van der Waals surface area contributed by atoms with E-state index in [-0.39, 0.29) is 15.5 Å². The molecule has 0 aliphatic rings. The molecule has 2 nitrogen and oxygen atoms in total. The van der Waals surface area contributed by atoms with E-state index in [1.54, 1.807) is 13.2 Å². The van der Waals surface area contributed by atoms with Crippen molar-refractivity contribution in [2.45, 2.75) is 18.3 Å². The number of rotatable bonds is 2. The molecule has 84 valence electrons. The number of alkyl halides is 3. The van der Waals surface area contributed by atoms with Crippen LogP contribution < -0.4 is 4.73 Å². The van der Waals surface area contributed by atoms with Gasteiger partial charge in [-0.15, -0.1) is 0 Å². The largest absolute Gasteiger partial charge is 0.618 e. The summed E-state index contributed by atoms with van der Waals surface area (Å²) >= 11 is 1.26. The molecule has 1 aromatic rings. The van der Waals surface area contributed by atoms with Crippen molar-refractivity contribution >= 4 is 11.8 Å². The molecule has 6 heteroatoms. The van der Waals surface area contributed by atoms with Crippen LogP contribution in [-0.4, -0.2) is 6.26 Å². The second kappa shape index (κ2) is 4.30. The number of nitrogens with zero attached hydrogens (tertiary/aromatic N) is 1. The first-order chi connectivity index (χ1) is 6.88. The van der Waals surface area contributed by atoms with Gasteiger partial charge in [0.2, 0.25) is 0 Å². The Bertz CT molecular complexity index is 354. The maximum Gasteiger partial charge on any atom is 0.479 e. The standard InChI is InChI=1S/C9H10F3NOS/c1-6(15-2)7-4-3-5-13(14)8(7)9(10,11)12/h3-6H,1-2H3. The first-order valence-corrected chi connectivity index (χ1v) is 5.48. The minimum Gasteiger partial charge on any atom is -0.618 e. The smallest absolute Gasteiger partial charge is 0.479 e. The summed E-state index contributed by atoms with van der Waals surface area (Å²) in [6.07, 6.45) is -2.05. The Hall–Kier alpha value is -0.910. The molecule has 0 saturated heterocycles. The molecule has 0 saturated carbocycles. The van der Waals surface area contributed by atoms with Crippen molar-refractivity contribution in [1.82, 2.24) is 0 Å². The average molecular weight is 237 g/mol. The lowest BCUT2D eigenvalue weighted by Crippen LogP contribution is -2.38. The lowest BCUT2D eigenvalue weighted by molar-refractivity contribution is -0.629. The van der Waals surface area contributed by atoms with Gasteiger partial charge < -0.3 is 5.21 Å². The van der Waals surface area contributed by atoms with E-state index in [1.165, 1.54) is 23.9 Å². The van der Waals surface area contributed by atoms with E-state index in [0.29, 0.717) is 0 Å². The molecular formula is C9H10F3NOS. The summed E-state index contributed by atoms with van der Waals surface area (Å²) in [6, 6.07) is 2.66. The Kier molecular flexibility index (Phi) is 3.49. The molecule has 0 amide bonds. The van der Waals surface area contributed by atoms with Gasteiger partial charge in [-0.25, -0.2) is 0 Å². The summed E-state index contributed by atoms with van der Waals surface area (Å²) in [5, 5.41) is 10.7. The SMILES string of the molecule is CSC(C)c1ccc[n+]([O-])c1C(F)(F)F. The van der Waals surface area contributed by atoms with E-state index < -0.39 is 11.9 Å². The highest BCUT2D eigenvalue weighted by Gasteiger charge is 2.43. The summed E-state index contributed by atoms with van der Waals surface area (Å²) in [5.74, 6) is 0. The Morgan fingerprint density at radius 3 is 2.53 bits per heavy atom. The van der Waals surface area contributed by atoms with Gasteiger partial charge in [-0.05, 0) is 19.2 Å². The van der Waals surface area contributed by atoms with Crippen molar-refractivity contribution in [3.05, 3.63) is 34.8 Å². The Labute approximate surface area is 89.7 Å². The third kappa shape index (κ3) is 2.56. The van der Waals surface area contributed by atoms with Gasteiger partial charge in [-0.3, -0.25) is 0 Å². The van der Waals surface area contributed by atoms with Crippen LogP contribution >= 0.6 is 11.8 Å². The summed E-state index contributed by atoms with van der Waals surface area (Å²) < 4.78 is 37.6. The van der Waals surface area contributed by atoms with Crippen molar-refractivity contribution in [2.75, 3.05) is 6.26 Å². The van der Waals surface area contributed by atoms with E-state index in [2.05, 4.69) is 0 Å². The fourth-order valence-electron chi connectivity index (χ4n) is 1.25. The van der Waals surface area contributed by atoms with Gasteiger partial charge in [0.05, 0.1) is 0 Å². The number of aromatic nitrogens is 1. The predicted molar refractivity (Wildman–Crippen MR) is 52.3 cm³/mol. The normalized spacial score (nSPS) is 13.9. The maximum absolute atomic E-state index is 12.6. The highest BCUT2D eigenvalue weighted by Crippen LogP contribution is 2.35. The van der Waals surface area contributed by atoms with E-state index in [4.69, 9.17) is 0 Å². The lowest BCUT2D eigenvalue weighted by Gasteiger charge is -2.15. The minimum atomic E-state index is -4.61. The highest BCUT2D eigenvalue weighted by atomic mass is 32.2. The topological polar surface area (TPSA) is 26.9 Å². The Morgan fingerprint density at radius 2 is 2.07 bits per heavy atom. The number of pyridine rings is 1. The van der Waals surface area contributed by atoms with Crippen LogP contribution in [0.25, 0.3) is 0 Å². The zero-order valence-corrected chi connectivity index (χ0v) is 9.02. The molecule has 0 fully saturated rings. The third-order valence-corrected chi connectivity index (χ3v) is 3.01. The lowest BCUT2D eigenvalue weighted by atomic mass is 10.1. The van der Waals surface area contributed by atoms with Crippen molar-refractivity contribution in [1.29, 1.82) is 0 Å². The van der Waals surface area contributed by atoms with Gasteiger partial charge in [-0.1, -0.05) is 0 Å². The molecule has 1 aromatic heterocycles. The zero-order chi connectivity index (χ0) is 11.6. The molecule has 1 atom stereocenters. The van der Waals surface area contributed by atoms with Gasteiger partial charge >= 0.3 is 11.9 Å². The second-order valence-corrected chi connectivity index (χ2v) is 4.19. The molecule has 0 spiro atoms. The Morgan fingerprint density at radius 1 is 1.47 bits per heavy atom. The van der Waals surface area contributed by atoms with Gasteiger partial charge in [0.15, 0.2) is 6.20 Å². The molecular weight excluding hydrogens is 227 g/mol. The van der Waals surface area contributed by atoms with Crippen molar-refractivity contribution < 1.29 is 17.9 Å². The van der Waals surface area contributed by atoms with E-state index >= 15 is 0 Å². The van der Waals surface area contributed by atoms with Gasteiger partial charge in [0, 0.05) is 16.9 Å². The van der Waals surface area contributed by atoms with Crippen LogP contribution in [-0.2, 0) is 6.18 Å². The third-order valence-electron chi connectivity index (χ3n) is 2.05. The fraction of sp³-hybridized carbons (Fsp3) is 0.444. The first kappa shape index (κ1) is 12.2. The molecule has 0 bridgehead atoms. The monoisotopic (exact) mass is 237 g/mol. The molecule has 1 rings (SSSR count). The zero-order valence-electron chi connectivity index (χ0n) is 8.21. The fourth-order valence-corrected chi connectivity index (χ4v) is 1.69.